The van der Waals surface area contributed by atoms with E-state index in [0.29, 0.717) is 0 Å². The molecule has 1 amide bonds. The number of ether oxygens (including phenoxy) is 1. The minimum atomic E-state index is -0.171. The highest BCUT2D eigenvalue weighted by Gasteiger charge is 2.16. The first-order chi connectivity index (χ1) is 12.4. The number of aryl methyl sites for hydroxylation is 3. The molecule has 0 radical (unpaired) electrons. The van der Waals surface area contributed by atoms with Crippen molar-refractivity contribution in [3.05, 3.63) is 64.9 Å². The average Bonchev–Trinajstić information content (AvgIpc) is 2.98. The number of benzene rings is 2. The molecule has 0 spiro atoms. The molecule has 134 valence electrons. The number of amides is 1. The van der Waals surface area contributed by atoms with Crippen LogP contribution in [-0.4, -0.2) is 13.0 Å². The van der Waals surface area contributed by atoms with Crippen LogP contribution in [0.1, 0.15) is 29.2 Å². The summed E-state index contributed by atoms with van der Waals surface area (Å²) in [6, 6.07) is 9.73. The lowest BCUT2D eigenvalue weighted by atomic mass is 9.98. The van der Waals surface area contributed by atoms with Crippen LogP contribution in [0.4, 0.5) is 5.69 Å². The molecular weight excluding hydrogens is 326 g/mol. The first kappa shape index (κ1) is 17.8. The zero-order chi connectivity index (χ0) is 18.8. The van der Waals surface area contributed by atoms with Crippen LogP contribution in [0.25, 0.3) is 16.5 Å². The minimum absolute atomic E-state index is 0.171. The summed E-state index contributed by atoms with van der Waals surface area (Å²) in [4.78, 5) is 12.4. The Bertz CT molecular complexity index is 994. The maximum atomic E-state index is 12.4. The third kappa shape index (κ3) is 3.36. The number of methoxy groups -OCH3 is 1. The van der Waals surface area contributed by atoms with E-state index < -0.39 is 0 Å². The predicted molar refractivity (Wildman–Crippen MR) is 106 cm³/mol. The van der Waals surface area contributed by atoms with Gasteiger partial charge in [0, 0.05) is 28.3 Å². The number of carbonyl (C=O) groups is 1. The van der Waals surface area contributed by atoms with Gasteiger partial charge in [0.15, 0.2) is 0 Å². The van der Waals surface area contributed by atoms with Crippen molar-refractivity contribution in [1.82, 2.24) is 0 Å². The van der Waals surface area contributed by atoms with Gasteiger partial charge in [-0.3, -0.25) is 4.79 Å². The van der Waals surface area contributed by atoms with Gasteiger partial charge in [0.1, 0.15) is 11.3 Å². The van der Waals surface area contributed by atoms with Crippen LogP contribution >= 0.6 is 0 Å². The van der Waals surface area contributed by atoms with E-state index in [9.17, 15) is 4.79 Å². The first-order valence-corrected chi connectivity index (χ1v) is 8.52. The summed E-state index contributed by atoms with van der Waals surface area (Å²) in [5, 5.41) is 3.92. The number of carbonyl (C=O) groups excluding carboxylic acids is 1. The highest BCUT2D eigenvalue weighted by atomic mass is 16.5. The molecule has 0 fully saturated rings. The van der Waals surface area contributed by atoms with E-state index in [2.05, 4.69) is 5.32 Å². The molecule has 26 heavy (non-hydrogen) atoms. The summed E-state index contributed by atoms with van der Waals surface area (Å²) >= 11 is 0. The highest BCUT2D eigenvalue weighted by Crippen LogP contribution is 2.37. The molecule has 0 unspecified atom stereocenters. The fraction of sp³-hybridized carbons (Fsp3) is 0.227. The summed E-state index contributed by atoms with van der Waals surface area (Å²) < 4.78 is 11.2. The van der Waals surface area contributed by atoms with E-state index in [1.807, 2.05) is 58.0 Å². The van der Waals surface area contributed by atoms with E-state index in [1.54, 1.807) is 19.4 Å². The standard InChI is InChI=1S/C22H23NO3/c1-13-6-8-17(9-7-13)23-20(24)10-14(2)18-11-19-15(3)12-26-22(19)16(4)21(18)25-5/h6-12H,1-5H3,(H,23,24)/b14-10+. The molecule has 0 aliphatic rings. The van der Waals surface area contributed by atoms with Gasteiger partial charge in [0.05, 0.1) is 13.4 Å². The second-order valence-electron chi connectivity index (χ2n) is 6.56. The van der Waals surface area contributed by atoms with Gasteiger partial charge in [-0.1, -0.05) is 17.7 Å². The van der Waals surface area contributed by atoms with Crippen molar-refractivity contribution in [2.45, 2.75) is 27.7 Å². The molecule has 1 N–H and O–H groups in total. The summed E-state index contributed by atoms with van der Waals surface area (Å²) in [5.41, 5.74) is 6.45. The third-order valence-corrected chi connectivity index (χ3v) is 4.53. The van der Waals surface area contributed by atoms with Gasteiger partial charge in [0.2, 0.25) is 5.91 Å². The molecule has 0 aliphatic carbocycles. The van der Waals surface area contributed by atoms with Gasteiger partial charge in [-0.25, -0.2) is 0 Å². The van der Waals surface area contributed by atoms with Gasteiger partial charge >= 0.3 is 0 Å². The Morgan fingerprint density at radius 1 is 1.15 bits per heavy atom. The topological polar surface area (TPSA) is 51.5 Å². The van der Waals surface area contributed by atoms with E-state index in [-0.39, 0.29) is 5.91 Å². The summed E-state index contributed by atoms with van der Waals surface area (Å²) in [6.45, 7) is 7.89. The minimum Gasteiger partial charge on any atom is -0.496 e. The smallest absolute Gasteiger partial charge is 0.248 e. The molecule has 4 heteroatoms. The van der Waals surface area contributed by atoms with E-state index in [0.717, 1.165) is 50.2 Å². The van der Waals surface area contributed by atoms with Crippen molar-refractivity contribution < 1.29 is 13.9 Å². The lowest BCUT2D eigenvalue weighted by molar-refractivity contribution is -0.111. The van der Waals surface area contributed by atoms with Crippen LogP contribution in [0.3, 0.4) is 0 Å². The predicted octanol–water partition coefficient (Wildman–Crippen LogP) is 5.41. The average molecular weight is 349 g/mol. The molecule has 0 bridgehead atoms. The number of furan rings is 1. The molecule has 0 aliphatic heterocycles. The van der Waals surface area contributed by atoms with Crippen molar-refractivity contribution in [2.75, 3.05) is 12.4 Å². The lowest BCUT2D eigenvalue weighted by Crippen LogP contribution is -2.08. The zero-order valence-electron chi connectivity index (χ0n) is 15.8. The Labute approximate surface area is 153 Å². The fourth-order valence-electron chi connectivity index (χ4n) is 3.08. The molecular formula is C22H23NO3. The monoisotopic (exact) mass is 349 g/mol. The molecule has 1 aromatic heterocycles. The van der Waals surface area contributed by atoms with E-state index in [4.69, 9.17) is 9.15 Å². The molecule has 0 saturated carbocycles. The van der Waals surface area contributed by atoms with Crippen LogP contribution in [-0.2, 0) is 4.79 Å². The zero-order valence-corrected chi connectivity index (χ0v) is 15.8. The number of rotatable bonds is 4. The quantitative estimate of drug-likeness (QED) is 0.641. The Kier molecular flexibility index (Phi) is 4.85. The summed E-state index contributed by atoms with van der Waals surface area (Å²) in [7, 11) is 1.63. The van der Waals surface area contributed by atoms with Gasteiger partial charge < -0.3 is 14.5 Å². The number of hydrogen-bond donors (Lipinski definition) is 1. The molecule has 2 aromatic carbocycles. The molecule has 3 rings (SSSR count). The SMILES string of the molecule is COc1c(/C(C)=C/C(=O)Nc2ccc(C)cc2)cc2c(C)coc2c1C. The van der Waals surface area contributed by atoms with Crippen LogP contribution < -0.4 is 10.1 Å². The maximum Gasteiger partial charge on any atom is 0.248 e. The fourth-order valence-corrected chi connectivity index (χ4v) is 3.08. The lowest BCUT2D eigenvalue weighted by Gasteiger charge is -2.13. The van der Waals surface area contributed by atoms with Crippen LogP contribution in [0.15, 0.2) is 47.1 Å². The first-order valence-electron chi connectivity index (χ1n) is 8.52. The van der Waals surface area contributed by atoms with Crippen molar-refractivity contribution in [3.8, 4) is 5.75 Å². The normalized spacial score (nSPS) is 11.7. The van der Waals surface area contributed by atoms with E-state index >= 15 is 0 Å². The number of allylic oxidation sites excluding steroid dienone is 1. The largest absolute Gasteiger partial charge is 0.496 e. The third-order valence-electron chi connectivity index (χ3n) is 4.53. The molecule has 0 atom stereocenters. The van der Waals surface area contributed by atoms with Crippen molar-refractivity contribution in [3.63, 3.8) is 0 Å². The summed E-state index contributed by atoms with van der Waals surface area (Å²) in [6.07, 6.45) is 3.34. The maximum absolute atomic E-state index is 12.4. The van der Waals surface area contributed by atoms with Gasteiger partial charge in [-0.2, -0.15) is 0 Å². The van der Waals surface area contributed by atoms with Crippen LogP contribution in [0.2, 0.25) is 0 Å². The van der Waals surface area contributed by atoms with E-state index in [1.165, 1.54) is 0 Å². The number of nitrogens with one attached hydrogen (secondary N) is 1. The molecule has 4 nitrogen and oxygen atoms in total. The molecule has 1 heterocycles. The Balaban J connectivity index is 1.96. The summed E-state index contributed by atoms with van der Waals surface area (Å²) in [5.74, 6) is 0.554. The van der Waals surface area contributed by atoms with Crippen LogP contribution in [0, 0.1) is 20.8 Å². The second kappa shape index (κ2) is 7.08. The second-order valence-corrected chi connectivity index (χ2v) is 6.56. The Hall–Kier alpha value is -3.01. The van der Waals surface area contributed by atoms with Gasteiger partial charge in [0.25, 0.3) is 0 Å². The van der Waals surface area contributed by atoms with Gasteiger partial charge in [-0.15, -0.1) is 0 Å². The number of fused-ring (bicyclic) bond motifs is 1. The van der Waals surface area contributed by atoms with Crippen molar-refractivity contribution in [1.29, 1.82) is 0 Å². The van der Waals surface area contributed by atoms with Crippen LogP contribution in [0.5, 0.6) is 5.75 Å². The Morgan fingerprint density at radius 2 is 1.85 bits per heavy atom. The van der Waals surface area contributed by atoms with Crippen molar-refractivity contribution in [2.24, 2.45) is 0 Å². The van der Waals surface area contributed by atoms with Gasteiger partial charge in [-0.05, 0) is 57.0 Å². The highest BCUT2D eigenvalue weighted by molar-refractivity contribution is 6.05. The van der Waals surface area contributed by atoms with Crippen molar-refractivity contribution >= 4 is 28.1 Å². The Morgan fingerprint density at radius 3 is 2.50 bits per heavy atom. The molecule has 0 saturated heterocycles. The number of anilines is 1. The molecule has 3 aromatic rings. The number of hydrogen-bond acceptors (Lipinski definition) is 3.